The fourth-order valence-corrected chi connectivity index (χ4v) is 3.69. The molecular weight excluding hydrogens is 476 g/mol. The quantitative estimate of drug-likeness (QED) is 0.426. The van der Waals surface area contributed by atoms with Crippen LogP contribution in [0.15, 0.2) is 59.5 Å². The second-order valence-corrected chi connectivity index (χ2v) is 8.82. The summed E-state index contributed by atoms with van der Waals surface area (Å²) in [6.07, 6.45) is -8.92. The summed E-state index contributed by atoms with van der Waals surface area (Å²) in [7, 11) is -2.42. The van der Waals surface area contributed by atoms with Crippen LogP contribution in [0.25, 0.3) is 22.3 Å². The molecule has 3 aromatic rings. The number of pyridine rings is 1. The Balaban J connectivity index is 2.25. The molecule has 0 radical (unpaired) electrons. The normalized spacial score (nSPS) is 12.5. The van der Waals surface area contributed by atoms with Gasteiger partial charge in [-0.1, -0.05) is 24.3 Å². The molecule has 1 aromatic heterocycles. The zero-order valence-electron chi connectivity index (χ0n) is 17.0. The SMILES string of the molecule is COc1cc(-c2ccc(S(C)(=O)=O)cc2)c(-c2ccc(OC(F)(F)F)cc2)c(C(F)(F)F)n1. The van der Waals surface area contributed by atoms with E-state index in [2.05, 4.69) is 9.72 Å². The summed E-state index contributed by atoms with van der Waals surface area (Å²) < 4.78 is 111. The molecule has 0 spiro atoms. The Hall–Kier alpha value is -3.28. The maximum atomic E-state index is 13.9. The number of benzene rings is 2. The summed E-state index contributed by atoms with van der Waals surface area (Å²) in [4.78, 5) is 3.47. The number of nitrogens with zero attached hydrogens (tertiary/aromatic N) is 1. The highest BCUT2D eigenvalue weighted by molar-refractivity contribution is 7.90. The lowest BCUT2D eigenvalue weighted by atomic mass is 9.93. The van der Waals surface area contributed by atoms with Gasteiger partial charge in [0.25, 0.3) is 0 Å². The second kappa shape index (κ2) is 8.58. The summed E-state index contributed by atoms with van der Waals surface area (Å²) in [5, 5.41) is 0. The predicted octanol–water partition coefficient (Wildman–Crippen LogP) is 5.75. The molecule has 2 aromatic carbocycles. The fourth-order valence-electron chi connectivity index (χ4n) is 3.06. The molecule has 12 heteroatoms. The molecule has 0 aliphatic carbocycles. The van der Waals surface area contributed by atoms with Gasteiger partial charge in [0.1, 0.15) is 5.75 Å². The monoisotopic (exact) mass is 491 g/mol. The van der Waals surface area contributed by atoms with Gasteiger partial charge in [0.2, 0.25) is 5.88 Å². The average molecular weight is 491 g/mol. The van der Waals surface area contributed by atoms with Gasteiger partial charge < -0.3 is 9.47 Å². The molecule has 0 saturated heterocycles. The molecule has 0 unspecified atom stereocenters. The minimum atomic E-state index is -4.97. The molecule has 3 rings (SSSR count). The first-order valence-corrected chi connectivity index (χ1v) is 10.9. The lowest BCUT2D eigenvalue weighted by molar-refractivity contribution is -0.274. The number of hydrogen-bond donors (Lipinski definition) is 0. The second-order valence-electron chi connectivity index (χ2n) is 6.80. The third kappa shape index (κ3) is 5.75. The van der Waals surface area contributed by atoms with Crippen LogP contribution in [0, 0.1) is 0 Å². The van der Waals surface area contributed by atoms with E-state index >= 15 is 0 Å². The third-order valence-corrected chi connectivity index (χ3v) is 5.57. The Morgan fingerprint density at radius 3 is 1.85 bits per heavy atom. The van der Waals surface area contributed by atoms with E-state index in [9.17, 15) is 34.8 Å². The van der Waals surface area contributed by atoms with Gasteiger partial charge in [-0.15, -0.1) is 13.2 Å². The Bertz CT molecular complexity index is 1250. The minimum Gasteiger partial charge on any atom is -0.481 e. The molecule has 0 aliphatic rings. The maximum Gasteiger partial charge on any atom is 0.573 e. The summed E-state index contributed by atoms with van der Waals surface area (Å²) in [6, 6.07) is 10.1. The van der Waals surface area contributed by atoms with Crippen LogP contribution in [0.3, 0.4) is 0 Å². The third-order valence-electron chi connectivity index (χ3n) is 4.44. The number of aromatic nitrogens is 1. The van der Waals surface area contributed by atoms with E-state index in [-0.39, 0.29) is 27.5 Å². The van der Waals surface area contributed by atoms with E-state index in [1.807, 2.05) is 0 Å². The van der Waals surface area contributed by atoms with Crippen LogP contribution in [0.2, 0.25) is 0 Å². The van der Waals surface area contributed by atoms with E-state index < -0.39 is 39.4 Å². The first-order chi connectivity index (χ1) is 15.2. The molecule has 0 bridgehead atoms. The Kier molecular flexibility index (Phi) is 6.33. The Morgan fingerprint density at radius 1 is 0.848 bits per heavy atom. The van der Waals surface area contributed by atoms with Crippen LogP contribution in [0.4, 0.5) is 26.3 Å². The topological polar surface area (TPSA) is 65.5 Å². The van der Waals surface area contributed by atoms with Crippen molar-refractivity contribution in [1.29, 1.82) is 0 Å². The summed E-state index contributed by atoms with van der Waals surface area (Å²) in [5.74, 6) is -0.967. The average Bonchev–Trinajstić information content (AvgIpc) is 2.71. The van der Waals surface area contributed by atoms with Crippen LogP contribution in [-0.4, -0.2) is 33.1 Å². The van der Waals surface area contributed by atoms with Crippen LogP contribution >= 0.6 is 0 Å². The molecule has 176 valence electrons. The number of alkyl halides is 6. The summed E-state index contributed by atoms with van der Waals surface area (Å²) in [6.45, 7) is 0. The lowest BCUT2D eigenvalue weighted by Crippen LogP contribution is -2.17. The number of halogens is 6. The van der Waals surface area contributed by atoms with E-state index in [0.29, 0.717) is 0 Å². The number of ether oxygens (including phenoxy) is 2. The Morgan fingerprint density at radius 2 is 1.39 bits per heavy atom. The number of hydrogen-bond acceptors (Lipinski definition) is 5. The van der Waals surface area contributed by atoms with Crippen molar-refractivity contribution in [3.8, 4) is 33.9 Å². The van der Waals surface area contributed by atoms with Gasteiger partial charge in [-0.3, -0.25) is 0 Å². The molecule has 0 saturated carbocycles. The van der Waals surface area contributed by atoms with Crippen LogP contribution in [0.1, 0.15) is 5.69 Å². The first-order valence-electron chi connectivity index (χ1n) is 9.02. The standard InChI is InChI=1S/C21H15F6NO4S/c1-31-17-11-16(12-5-9-15(10-6-12)33(2,29)30)18(19(28-17)20(22,23)24)13-3-7-14(8-4-13)32-21(25,26)27/h3-11H,1-2H3. The molecular formula is C21H15F6NO4S. The van der Waals surface area contributed by atoms with Crippen LogP contribution < -0.4 is 9.47 Å². The number of rotatable bonds is 5. The molecule has 1 heterocycles. The van der Waals surface area contributed by atoms with Crippen molar-refractivity contribution in [2.24, 2.45) is 0 Å². The van der Waals surface area contributed by atoms with E-state index in [1.54, 1.807) is 0 Å². The highest BCUT2D eigenvalue weighted by Crippen LogP contribution is 2.43. The van der Waals surface area contributed by atoms with Gasteiger partial charge in [-0.2, -0.15) is 13.2 Å². The zero-order chi connectivity index (χ0) is 24.6. The van der Waals surface area contributed by atoms with Gasteiger partial charge in [0, 0.05) is 17.9 Å². The van der Waals surface area contributed by atoms with E-state index in [0.717, 1.165) is 37.6 Å². The number of methoxy groups -OCH3 is 1. The molecule has 0 fully saturated rings. The molecule has 33 heavy (non-hydrogen) atoms. The predicted molar refractivity (Wildman–Crippen MR) is 106 cm³/mol. The smallest absolute Gasteiger partial charge is 0.481 e. The van der Waals surface area contributed by atoms with Crippen molar-refractivity contribution in [2.45, 2.75) is 17.4 Å². The Labute approximate surface area is 184 Å². The van der Waals surface area contributed by atoms with Gasteiger partial charge in [0.15, 0.2) is 15.5 Å². The first kappa shape index (κ1) is 24.4. The zero-order valence-corrected chi connectivity index (χ0v) is 17.8. The number of sulfone groups is 1. The van der Waals surface area contributed by atoms with Gasteiger partial charge in [-0.05, 0) is 41.0 Å². The van der Waals surface area contributed by atoms with Gasteiger partial charge in [-0.25, -0.2) is 13.4 Å². The van der Waals surface area contributed by atoms with E-state index in [4.69, 9.17) is 4.74 Å². The maximum absolute atomic E-state index is 13.9. The van der Waals surface area contributed by atoms with Crippen molar-refractivity contribution < 1.29 is 44.2 Å². The summed E-state index contributed by atoms with van der Waals surface area (Å²) in [5.41, 5.74) is -1.64. The van der Waals surface area contributed by atoms with E-state index in [1.165, 1.54) is 30.3 Å². The molecule has 0 amide bonds. The van der Waals surface area contributed by atoms with Crippen LogP contribution in [0.5, 0.6) is 11.6 Å². The highest BCUT2D eigenvalue weighted by atomic mass is 32.2. The van der Waals surface area contributed by atoms with Crippen molar-refractivity contribution in [1.82, 2.24) is 4.98 Å². The minimum absolute atomic E-state index is 0.0151. The van der Waals surface area contributed by atoms with Crippen molar-refractivity contribution in [3.05, 3.63) is 60.3 Å². The van der Waals surface area contributed by atoms with Gasteiger partial charge >= 0.3 is 12.5 Å². The molecule has 5 nitrogen and oxygen atoms in total. The highest BCUT2D eigenvalue weighted by Gasteiger charge is 2.38. The molecule has 0 aliphatic heterocycles. The van der Waals surface area contributed by atoms with Crippen molar-refractivity contribution in [2.75, 3.05) is 13.4 Å². The fraction of sp³-hybridized carbons (Fsp3) is 0.190. The van der Waals surface area contributed by atoms with Gasteiger partial charge in [0.05, 0.1) is 12.0 Å². The molecule has 0 atom stereocenters. The van der Waals surface area contributed by atoms with Crippen molar-refractivity contribution >= 4 is 9.84 Å². The largest absolute Gasteiger partial charge is 0.573 e. The molecule has 0 N–H and O–H groups in total. The summed E-state index contributed by atoms with van der Waals surface area (Å²) >= 11 is 0. The van der Waals surface area contributed by atoms with Crippen LogP contribution in [-0.2, 0) is 16.0 Å². The lowest BCUT2D eigenvalue weighted by Gasteiger charge is -2.19. The van der Waals surface area contributed by atoms with Crippen molar-refractivity contribution in [3.63, 3.8) is 0 Å².